The molecule has 0 aromatic heterocycles. The first-order valence-corrected chi connectivity index (χ1v) is 11.2. The molecule has 0 bridgehead atoms. The van der Waals surface area contributed by atoms with Crippen molar-refractivity contribution < 1.29 is 27.4 Å². The minimum atomic E-state index is -3.75. The van der Waals surface area contributed by atoms with Crippen LogP contribution >= 0.6 is 0 Å². The molecule has 1 fully saturated rings. The van der Waals surface area contributed by atoms with E-state index in [0.717, 1.165) is 5.75 Å². The van der Waals surface area contributed by atoms with Gasteiger partial charge in [-0.15, -0.1) is 0 Å². The van der Waals surface area contributed by atoms with Gasteiger partial charge < -0.3 is 19.5 Å². The summed E-state index contributed by atoms with van der Waals surface area (Å²) in [4.78, 5) is 12.5. The maximum absolute atomic E-state index is 13.1. The topological polar surface area (TPSA) is 94.2 Å². The van der Waals surface area contributed by atoms with Crippen molar-refractivity contribution >= 4 is 21.6 Å². The molecule has 1 aliphatic rings. The van der Waals surface area contributed by atoms with Crippen LogP contribution in [-0.4, -0.2) is 58.7 Å². The average molecular weight is 435 g/mol. The van der Waals surface area contributed by atoms with Crippen molar-refractivity contribution in [2.24, 2.45) is 0 Å². The SMILES string of the molecule is CCOc1ccc(NC(=O)Cc2ccc(OC)c(S(=O)(=O)N3CCOCC3)c2)cc1. The minimum Gasteiger partial charge on any atom is -0.495 e. The van der Waals surface area contributed by atoms with Crippen LogP contribution in [-0.2, 0) is 26.0 Å². The van der Waals surface area contributed by atoms with Crippen LogP contribution in [0, 0.1) is 0 Å². The highest BCUT2D eigenvalue weighted by Crippen LogP contribution is 2.28. The second kappa shape index (κ2) is 9.92. The summed E-state index contributed by atoms with van der Waals surface area (Å²) in [6, 6.07) is 11.8. The van der Waals surface area contributed by atoms with Gasteiger partial charge in [0, 0.05) is 18.8 Å². The van der Waals surface area contributed by atoms with Crippen molar-refractivity contribution in [1.82, 2.24) is 4.31 Å². The van der Waals surface area contributed by atoms with Crippen LogP contribution in [0.1, 0.15) is 12.5 Å². The molecule has 2 aromatic rings. The molecule has 0 atom stereocenters. The molecule has 30 heavy (non-hydrogen) atoms. The Morgan fingerprint density at radius 3 is 2.47 bits per heavy atom. The van der Waals surface area contributed by atoms with Crippen LogP contribution in [0.15, 0.2) is 47.4 Å². The van der Waals surface area contributed by atoms with Crippen LogP contribution in [0.5, 0.6) is 11.5 Å². The molecule has 2 aromatic carbocycles. The van der Waals surface area contributed by atoms with E-state index >= 15 is 0 Å². The zero-order chi connectivity index (χ0) is 21.6. The lowest BCUT2D eigenvalue weighted by Gasteiger charge is -2.26. The Morgan fingerprint density at radius 1 is 1.13 bits per heavy atom. The maximum Gasteiger partial charge on any atom is 0.246 e. The van der Waals surface area contributed by atoms with Crippen LogP contribution < -0.4 is 14.8 Å². The molecule has 0 radical (unpaired) electrons. The van der Waals surface area contributed by atoms with Crippen LogP contribution in [0.4, 0.5) is 5.69 Å². The van der Waals surface area contributed by atoms with Crippen molar-refractivity contribution in [3.05, 3.63) is 48.0 Å². The maximum atomic E-state index is 13.1. The van der Waals surface area contributed by atoms with E-state index < -0.39 is 10.0 Å². The van der Waals surface area contributed by atoms with E-state index in [0.29, 0.717) is 31.1 Å². The van der Waals surface area contributed by atoms with Crippen molar-refractivity contribution in [2.45, 2.75) is 18.2 Å². The number of methoxy groups -OCH3 is 1. The second-order valence-electron chi connectivity index (χ2n) is 6.68. The fourth-order valence-electron chi connectivity index (χ4n) is 3.15. The molecule has 162 valence electrons. The van der Waals surface area contributed by atoms with Crippen molar-refractivity contribution in [1.29, 1.82) is 0 Å². The number of hydrogen-bond donors (Lipinski definition) is 1. The van der Waals surface area contributed by atoms with Crippen LogP contribution in [0.25, 0.3) is 0 Å². The number of nitrogens with zero attached hydrogens (tertiary/aromatic N) is 1. The average Bonchev–Trinajstić information content (AvgIpc) is 2.76. The third kappa shape index (κ3) is 5.29. The van der Waals surface area contributed by atoms with E-state index in [2.05, 4.69) is 5.32 Å². The summed E-state index contributed by atoms with van der Waals surface area (Å²) in [6.07, 6.45) is 0.0306. The summed E-state index contributed by atoms with van der Waals surface area (Å²) in [6.45, 7) is 3.75. The molecule has 1 heterocycles. The number of hydrogen-bond acceptors (Lipinski definition) is 6. The normalized spacial score (nSPS) is 14.9. The molecular formula is C21H26N2O6S. The third-order valence-electron chi connectivity index (χ3n) is 4.63. The largest absolute Gasteiger partial charge is 0.495 e. The van der Waals surface area contributed by atoms with E-state index in [1.54, 1.807) is 36.4 Å². The molecule has 1 saturated heterocycles. The highest BCUT2D eigenvalue weighted by molar-refractivity contribution is 7.89. The van der Waals surface area contributed by atoms with E-state index in [1.165, 1.54) is 17.5 Å². The highest BCUT2D eigenvalue weighted by atomic mass is 32.2. The number of ether oxygens (including phenoxy) is 3. The van der Waals surface area contributed by atoms with Crippen molar-refractivity contribution in [2.75, 3.05) is 45.3 Å². The summed E-state index contributed by atoms with van der Waals surface area (Å²) in [5, 5.41) is 2.81. The summed E-state index contributed by atoms with van der Waals surface area (Å²) < 4.78 is 43.4. The third-order valence-corrected chi connectivity index (χ3v) is 6.55. The Balaban J connectivity index is 1.74. The Hall–Kier alpha value is -2.62. The lowest BCUT2D eigenvalue weighted by Crippen LogP contribution is -2.40. The molecule has 1 amide bonds. The number of sulfonamides is 1. The fraction of sp³-hybridized carbons (Fsp3) is 0.381. The first kappa shape index (κ1) is 22.1. The second-order valence-corrected chi connectivity index (χ2v) is 8.59. The van der Waals surface area contributed by atoms with Gasteiger partial charge in [0.05, 0.1) is 33.4 Å². The number of nitrogens with one attached hydrogen (secondary N) is 1. The summed E-state index contributed by atoms with van der Waals surface area (Å²) >= 11 is 0. The summed E-state index contributed by atoms with van der Waals surface area (Å²) in [5.41, 5.74) is 1.21. The Kier molecular flexibility index (Phi) is 7.30. The number of morpholine rings is 1. The van der Waals surface area contributed by atoms with Gasteiger partial charge in [-0.3, -0.25) is 4.79 Å². The zero-order valence-electron chi connectivity index (χ0n) is 17.1. The van der Waals surface area contributed by atoms with Gasteiger partial charge in [0.1, 0.15) is 16.4 Å². The molecule has 0 saturated carbocycles. The number of rotatable bonds is 8. The fourth-order valence-corrected chi connectivity index (χ4v) is 4.76. The highest BCUT2D eigenvalue weighted by Gasteiger charge is 2.29. The minimum absolute atomic E-state index is 0.0306. The summed E-state index contributed by atoms with van der Waals surface area (Å²) in [5.74, 6) is 0.722. The lowest BCUT2D eigenvalue weighted by atomic mass is 10.1. The first-order valence-electron chi connectivity index (χ1n) is 9.71. The quantitative estimate of drug-likeness (QED) is 0.685. The van der Waals surface area contributed by atoms with Gasteiger partial charge in [0.15, 0.2) is 0 Å². The van der Waals surface area contributed by atoms with Gasteiger partial charge in [0.25, 0.3) is 0 Å². The van der Waals surface area contributed by atoms with E-state index in [4.69, 9.17) is 14.2 Å². The molecule has 1 N–H and O–H groups in total. The van der Waals surface area contributed by atoms with Gasteiger partial charge in [0.2, 0.25) is 15.9 Å². The Morgan fingerprint density at radius 2 is 1.83 bits per heavy atom. The number of amides is 1. The van der Waals surface area contributed by atoms with Crippen molar-refractivity contribution in [3.63, 3.8) is 0 Å². The van der Waals surface area contributed by atoms with Gasteiger partial charge in [-0.25, -0.2) is 8.42 Å². The standard InChI is InChI=1S/C21H26N2O6S/c1-3-29-18-7-5-17(6-8-18)22-21(24)15-16-4-9-19(27-2)20(14-16)30(25,26)23-10-12-28-13-11-23/h4-9,14H,3,10-13,15H2,1-2H3,(H,22,24). The number of carbonyl (C=O) groups excluding carboxylic acids is 1. The van der Waals surface area contributed by atoms with E-state index in [-0.39, 0.29) is 36.1 Å². The first-order chi connectivity index (χ1) is 14.4. The molecule has 0 unspecified atom stereocenters. The van der Waals surface area contributed by atoms with E-state index in [1.807, 2.05) is 6.92 Å². The molecule has 8 nitrogen and oxygen atoms in total. The summed E-state index contributed by atoms with van der Waals surface area (Å²) in [7, 11) is -2.33. The van der Waals surface area contributed by atoms with Gasteiger partial charge in [-0.05, 0) is 48.9 Å². The molecule has 0 aliphatic carbocycles. The van der Waals surface area contributed by atoms with E-state index in [9.17, 15) is 13.2 Å². The molecule has 3 rings (SSSR count). The van der Waals surface area contributed by atoms with Crippen LogP contribution in [0.2, 0.25) is 0 Å². The Labute approximate surface area is 176 Å². The molecule has 0 spiro atoms. The monoisotopic (exact) mass is 434 g/mol. The van der Waals surface area contributed by atoms with Gasteiger partial charge in [-0.2, -0.15) is 4.31 Å². The molecule has 9 heteroatoms. The smallest absolute Gasteiger partial charge is 0.246 e. The van der Waals surface area contributed by atoms with Gasteiger partial charge in [-0.1, -0.05) is 6.07 Å². The van der Waals surface area contributed by atoms with Crippen molar-refractivity contribution in [3.8, 4) is 11.5 Å². The number of benzene rings is 2. The van der Waals surface area contributed by atoms with Crippen LogP contribution in [0.3, 0.4) is 0 Å². The zero-order valence-corrected chi connectivity index (χ0v) is 17.9. The number of carbonyl (C=O) groups is 1. The molecule has 1 aliphatic heterocycles. The predicted octanol–water partition coefficient (Wildman–Crippen LogP) is 2.30. The van der Waals surface area contributed by atoms with Gasteiger partial charge >= 0.3 is 0 Å². The number of anilines is 1. The lowest BCUT2D eigenvalue weighted by molar-refractivity contribution is -0.115. The Bertz CT molecular complexity index is 969. The predicted molar refractivity (Wildman–Crippen MR) is 113 cm³/mol. The molecular weight excluding hydrogens is 408 g/mol.